The van der Waals surface area contributed by atoms with Crippen molar-refractivity contribution in [3.63, 3.8) is 0 Å². The molecule has 4 nitrogen and oxygen atoms in total. The van der Waals surface area contributed by atoms with E-state index < -0.39 is 6.29 Å². The average Bonchev–Trinajstić information content (AvgIpc) is 2.67. The molecule has 3 fully saturated rings. The molecule has 2 aliphatic carbocycles. The molecular weight excluding hydrogens is 304 g/mol. The Hall–Kier alpha value is -0.710. The summed E-state index contributed by atoms with van der Waals surface area (Å²) in [7, 11) is 0. The van der Waals surface area contributed by atoms with Gasteiger partial charge >= 0.3 is 0 Å². The minimum atomic E-state index is -1.02. The van der Waals surface area contributed by atoms with E-state index in [0.717, 1.165) is 12.7 Å². The lowest BCUT2D eigenvalue weighted by Crippen LogP contribution is -2.53. The van der Waals surface area contributed by atoms with E-state index in [2.05, 4.69) is 27.4 Å². The number of aliphatic hydroxyl groups excluding tert-OH is 1. The van der Waals surface area contributed by atoms with Gasteiger partial charge in [-0.05, 0) is 48.9 Å². The van der Waals surface area contributed by atoms with Gasteiger partial charge in [0, 0.05) is 18.3 Å². The summed E-state index contributed by atoms with van der Waals surface area (Å²) < 4.78 is 0. The fourth-order valence-corrected chi connectivity index (χ4v) is 6.07. The lowest BCUT2D eigenvalue weighted by atomic mass is 9.46. The monoisotopic (exact) mass is 336 g/mol. The summed E-state index contributed by atoms with van der Waals surface area (Å²) in [6, 6.07) is 0. The summed E-state index contributed by atoms with van der Waals surface area (Å²) in [6.07, 6.45) is 6.48. The van der Waals surface area contributed by atoms with Crippen molar-refractivity contribution in [2.45, 2.75) is 78.1 Å². The van der Waals surface area contributed by atoms with Gasteiger partial charge in [-0.2, -0.15) is 0 Å². The van der Waals surface area contributed by atoms with E-state index in [-0.39, 0.29) is 23.4 Å². The zero-order valence-electron chi connectivity index (χ0n) is 15.3. The zero-order valence-corrected chi connectivity index (χ0v) is 15.3. The molecule has 0 spiro atoms. The van der Waals surface area contributed by atoms with Gasteiger partial charge < -0.3 is 9.90 Å². The molecule has 6 unspecified atom stereocenters. The molecule has 3 rings (SSSR count). The lowest BCUT2D eigenvalue weighted by Gasteiger charge is -2.59. The van der Waals surface area contributed by atoms with Crippen LogP contribution < -0.4 is 0 Å². The zero-order chi connectivity index (χ0) is 17.5. The number of hydrogen-bond donors (Lipinski definition) is 1. The Morgan fingerprint density at radius 1 is 1.21 bits per heavy atom. The number of carbonyl (C=O) groups is 1. The predicted molar refractivity (Wildman–Crippen MR) is 91.8 cm³/mol. The number of aldehydes is 1. The molecular formula is C20H32O4. The van der Waals surface area contributed by atoms with Gasteiger partial charge in [-0.3, -0.25) is 0 Å². The van der Waals surface area contributed by atoms with E-state index in [4.69, 9.17) is 9.78 Å². The molecule has 136 valence electrons. The first-order valence-corrected chi connectivity index (χ1v) is 9.41. The second-order valence-corrected chi connectivity index (χ2v) is 9.13. The predicted octanol–water partition coefficient (Wildman–Crippen LogP) is 4.03. The van der Waals surface area contributed by atoms with Crippen molar-refractivity contribution in [3.05, 3.63) is 12.2 Å². The number of rotatable bonds is 2. The third-order valence-electron chi connectivity index (χ3n) is 7.07. The van der Waals surface area contributed by atoms with Crippen molar-refractivity contribution in [3.8, 4) is 0 Å². The molecule has 0 aromatic carbocycles. The van der Waals surface area contributed by atoms with Gasteiger partial charge in [-0.1, -0.05) is 39.3 Å². The van der Waals surface area contributed by atoms with Crippen LogP contribution in [0, 0.1) is 28.6 Å². The summed E-state index contributed by atoms with van der Waals surface area (Å²) in [5, 5.41) is 9.82. The number of aliphatic hydroxyl groups is 1. The van der Waals surface area contributed by atoms with Crippen molar-refractivity contribution in [2.75, 3.05) is 0 Å². The summed E-state index contributed by atoms with van der Waals surface area (Å²) in [5.74, 6) is 0.588. The van der Waals surface area contributed by atoms with Gasteiger partial charge in [0.1, 0.15) is 12.4 Å². The van der Waals surface area contributed by atoms with Gasteiger partial charge in [0.25, 0.3) is 0 Å². The molecule has 6 atom stereocenters. The molecule has 1 heterocycles. The maximum Gasteiger partial charge on any atom is 0.189 e. The molecule has 1 aliphatic heterocycles. The van der Waals surface area contributed by atoms with Crippen LogP contribution in [-0.2, 0) is 14.6 Å². The highest BCUT2D eigenvalue weighted by Gasteiger charge is 2.55. The van der Waals surface area contributed by atoms with Crippen LogP contribution in [0.15, 0.2) is 12.2 Å². The normalized spacial score (nSPS) is 46.0. The highest BCUT2D eigenvalue weighted by molar-refractivity contribution is 5.53. The van der Waals surface area contributed by atoms with Gasteiger partial charge in [0.2, 0.25) is 0 Å². The first-order valence-electron chi connectivity index (χ1n) is 9.41. The molecule has 1 N–H and O–H groups in total. The van der Waals surface area contributed by atoms with Crippen LogP contribution in [0.25, 0.3) is 0 Å². The van der Waals surface area contributed by atoms with Gasteiger partial charge in [0.15, 0.2) is 6.29 Å². The highest BCUT2D eigenvalue weighted by Crippen LogP contribution is 2.62. The average molecular weight is 336 g/mol. The quantitative estimate of drug-likeness (QED) is 0.470. The third-order valence-corrected chi connectivity index (χ3v) is 7.07. The Bertz CT molecular complexity index is 500. The van der Waals surface area contributed by atoms with Crippen LogP contribution in [0.2, 0.25) is 0 Å². The summed E-state index contributed by atoms with van der Waals surface area (Å²) in [4.78, 5) is 22.2. The number of hydrogen-bond acceptors (Lipinski definition) is 4. The Labute approximate surface area is 145 Å². The third kappa shape index (κ3) is 3.09. The second-order valence-electron chi connectivity index (χ2n) is 9.13. The molecule has 0 bridgehead atoms. The molecule has 4 heteroatoms. The van der Waals surface area contributed by atoms with E-state index in [1.54, 1.807) is 0 Å². The van der Waals surface area contributed by atoms with Crippen molar-refractivity contribution in [1.82, 2.24) is 0 Å². The van der Waals surface area contributed by atoms with Crippen LogP contribution in [0.3, 0.4) is 0 Å². The van der Waals surface area contributed by atoms with E-state index in [9.17, 15) is 9.90 Å². The minimum absolute atomic E-state index is 0.119. The lowest BCUT2D eigenvalue weighted by molar-refractivity contribution is -0.394. The van der Waals surface area contributed by atoms with Crippen LogP contribution in [0.4, 0.5) is 0 Å². The molecule has 0 aromatic rings. The van der Waals surface area contributed by atoms with Gasteiger partial charge in [0.05, 0.1) is 0 Å². The maximum atomic E-state index is 11.4. The topological polar surface area (TPSA) is 55.8 Å². The molecule has 24 heavy (non-hydrogen) atoms. The van der Waals surface area contributed by atoms with E-state index >= 15 is 0 Å². The fourth-order valence-electron chi connectivity index (χ4n) is 6.07. The molecule has 1 saturated heterocycles. The summed E-state index contributed by atoms with van der Waals surface area (Å²) in [6.45, 7) is 11.5. The first-order chi connectivity index (χ1) is 11.3. The molecule has 0 amide bonds. The maximum absolute atomic E-state index is 11.4. The van der Waals surface area contributed by atoms with Crippen molar-refractivity contribution in [2.24, 2.45) is 28.6 Å². The van der Waals surface area contributed by atoms with Crippen LogP contribution in [-0.4, -0.2) is 23.8 Å². The Balaban J connectivity index is 1.91. The van der Waals surface area contributed by atoms with Crippen molar-refractivity contribution in [1.29, 1.82) is 0 Å². The highest BCUT2D eigenvalue weighted by atomic mass is 17.2. The van der Waals surface area contributed by atoms with E-state index in [1.807, 2.05) is 0 Å². The molecule has 3 aliphatic rings. The largest absolute Gasteiger partial charge is 0.366 e. The Morgan fingerprint density at radius 2 is 1.96 bits per heavy atom. The van der Waals surface area contributed by atoms with Gasteiger partial charge in [-0.15, -0.1) is 0 Å². The minimum Gasteiger partial charge on any atom is -0.366 e. The Kier molecular flexibility index (Phi) is 4.93. The van der Waals surface area contributed by atoms with Crippen LogP contribution in [0.5, 0.6) is 0 Å². The van der Waals surface area contributed by atoms with Crippen molar-refractivity contribution >= 4 is 6.29 Å². The standard InChI is InChI=1S/C20H32O4/c1-13-6-7-16-19(2,3)8-5-9-20(16,4)18(13)15-10-14(12-21)11-17(22)24-23-15/h12,14-18,22H,1,5-11H2,2-4H3. The first kappa shape index (κ1) is 18.1. The number of carbonyl (C=O) groups excluding carboxylic acids is 1. The summed E-state index contributed by atoms with van der Waals surface area (Å²) in [5.41, 5.74) is 1.66. The second kappa shape index (κ2) is 6.54. The van der Waals surface area contributed by atoms with Crippen LogP contribution >= 0.6 is 0 Å². The number of fused-ring (bicyclic) bond motifs is 1. The van der Waals surface area contributed by atoms with E-state index in [1.165, 1.54) is 31.3 Å². The van der Waals surface area contributed by atoms with Crippen LogP contribution in [0.1, 0.15) is 65.7 Å². The van der Waals surface area contributed by atoms with Gasteiger partial charge in [-0.25, -0.2) is 9.78 Å². The Morgan fingerprint density at radius 3 is 2.67 bits per heavy atom. The SMILES string of the molecule is C=C1CCC2C(C)(C)CCCC2(C)C1C1CC(C=O)CC(O)OO1. The molecule has 0 aromatic heterocycles. The van der Waals surface area contributed by atoms with Crippen molar-refractivity contribution < 1.29 is 19.7 Å². The molecule has 0 radical (unpaired) electrons. The smallest absolute Gasteiger partial charge is 0.189 e. The summed E-state index contributed by atoms with van der Waals surface area (Å²) >= 11 is 0. The molecule has 2 saturated carbocycles. The fraction of sp³-hybridized carbons (Fsp3) is 0.850. The van der Waals surface area contributed by atoms with E-state index in [0.29, 0.717) is 24.2 Å².